The van der Waals surface area contributed by atoms with E-state index in [2.05, 4.69) is 0 Å². The van der Waals surface area contributed by atoms with E-state index in [-0.39, 0.29) is 23.4 Å². The standard InChI is InChI=1S/C27H36O10/c1-34-25-18-12-15(21(30)26(25)35-2)5-3-4-6-16(9-7-14-8-10-19(29)17(18)11-14)36-27-24(33)23(32)22(31)20(13-28)37-27/h8,10-12,16,20,22-24,27-33H,3-7,9,13H2,1-2H3/t16-,20+,22+,23-,24+,27+/m0/s1. The van der Waals surface area contributed by atoms with Gasteiger partial charge in [-0.05, 0) is 61.4 Å². The van der Waals surface area contributed by atoms with Crippen molar-refractivity contribution in [2.24, 2.45) is 0 Å². The molecule has 0 amide bonds. The molecule has 37 heavy (non-hydrogen) atoms. The highest BCUT2D eigenvalue weighted by Crippen LogP contribution is 2.48. The van der Waals surface area contributed by atoms with Gasteiger partial charge in [0.1, 0.15) is 30.2 Å². The topological polar surface area (TPSA) is 158 Å². The zero-order valence-electron chi connectivity index (χ0n) is 21.0. The number of phenolic OH excluding ortho intramolecular Hbond substituents is 2. The molecule has 0 saturated carbocycles. The number of hydrogen-bond donors (Lipinski definition) is 6. The number of ether oxygens (including phenoxy) is 4. The van der Waals surface area contributed by atoms with E-state index in [4.69, 9.17) is 18.9 Å². The number of aromatic hydroxyl groups is 2. The van der Waals surface area contributed by atoms with Crippen molar-refractivity contribution >= 4 is 0 Å². The number of hydrogen-bond acceptors (Lipinski definition) is 10. The molecule has 1 heterocycles. The van der Waals surface area contributed by atoms with Gasteiger partial charge in [0.2, 0.25) is 5.75 Å². The predicted octanol–water partition coefficient (Wildman–Crippen LogP) is 1.63. The Morgan fingerprint density at radius 1 is 0.865 bits per heavy atom. The lowest BCUT2D eigenvalue weighted by atomic mass is 9.95. The minimum atomic E-state index is -1.51. The minimum absolute atomic E-state index is 0.0114. The maximum Gasteiger partial charge on any atom is 0.203 e. The summed E-state index contributed by atoms with van der Waals surface area (Å²) in [5, 5.41) is 61.7. The van der Waals surface area contributed by atoms with Crippen molar-refractivity contribution in [1.82, 2.24) is 0 Å². The largest absolute Gasteiger partial charge is 0.507 e. The first-order valence-electron chi connectivity index (χ1n) is 12.5. The van der Waals surface area contributed by atoms with Crippen LogP contribution >= 0.6 is 0 Å². The molecule has 0 spiro atoms. The van der Waals surface area contributed by atoms with Crippen molar-refractivity contribution < 1.29 is 49.6 Å². The number of rotatable bonds is 5. The highest BCUT2D eigenvalue weighted by atomic mass is 16.7. The van der Waals surface area contributed by atoms with Crippen LogP contribution in [-0.4, -0.2) is 88.3 Å². The molecule has 204 valence electrons. The number of aliphatic hydroxyl groups is 4. The number of aliphatic hydroxyl groups excluding tert-OH is 4. The SMILES string of the molecule is COc1c2cc(c(O)c1OC)CCCC[C@H](O[C@@H]1O[C@H](CO)[C@@H](O)[C@H](O)[C@H]1O)CCc1ccc(O)c-2c1. The monoisotopic (exact) mass is 520 g/mol. The van der Waals surface area contributed by atoms with Crippen LogP contribution in [0.15, 0.2) is 24.3 Å². The van der Waals surface area contributed by atoms with Crippen LogP contribution in [0.25, 0.3) is 11.1 Å². The Kier molecular flexibility index (Phi) is 8.79. The third-order valence-electron chi connectivity index (χ3n) is 7.20. The van der Waals surface area contributed by atoms with E-state index in [1.165, 1.54) is 14.2 Å². The lowest BCUT2D eigenvalue weighted by Gasteiger charge is -2.41. The van der Waals surface area contributed by atoms with Gasteiger partial charge in [-0.15, -0.1) is 0 Å². The first-order chi connectivity index (χ1) is 17.8. The van der Waals surface area contributed by atoms with Gasteiger partial charge < -0.3 is 49.6 Å². The van der Waals surface area contributed by atoms with Gasteiger partial charge in [0.25, 0.3) is 0 Å². The molecule has 1 aliphatic heterocycles. The Labute approximate surface area is 215 Å². The number of benzene rings is 2. The zero-order chi connectivity index (χ0) is 26.7. The van der Waals surface area contributed by atoms with Crippen LogP contribution in [0.1, 0.15) is 36.8 Å². The summed E-state index contributed by atoms with van der Waals surface area (Å²) in [5.74, 6) is 0.584. The van der Waals surface area contributed by atoms with Gasteiger partial charge in [-0.1, -0.05) is 12.5 Å². The number of aryl methyl sites for hydroxylation is 2. The molecule has 10 nitrogen and oxygen atoms in total. The molecule has 6 atom stereocenters. The average Bonchev–Trinajstić information content (AvgIpc) is 2.91. The molecule has 10 heteroatoms. The van der Waals surface area contributed by atoms with Gasteiger partial charge >= 0.3 is 0 Å². The van der Waals surface area contributed by atoms with E-state index in [1.807, 2.05) is 18.2 Å². The second kappa shape index (κ2) is 11.8. The summed E-state index contributed by atoms with van der Waals surface area (Å²) in [6.07, 6.45) is -3.32. The number of methoxy groups -OCH3 is 2. The van der Waals surface area contributed by atoms with E-state index in [0.717, 1.165) is 12.0 Å². The summed E-state index contributed by atoms with van der Waals surface area (Å²) in [4.78, 5) is 0. The molecule has 4 rings (SSSR count). The Morgan fingerprint density at radius 2 is 1.62 bits per heavy atom. The third kappa shape index (κ3) is 5.64. The molecule has 2 aliphatic rings. The molecule has 4 bridgehead atoms. The fourth-order valence-electron chi connectivity index (χ4n) is 5.09. The Hall–Kier alpha value is -2.60. The summed E-state index contributed by atoms with van der Waals surface area (Å²) >= 11 is 0. The molecule has 6 N–H and O–H groups in total. The summed E-state index contributed by atoms with van der Waals surface area (Å²) in [5.41, 5.74) is 2.73. The Morgan fingerprint density at radius 3 is 2.32 bits per heavy atom. The van der Waals surface area contributed by atoms with Crippen LogP contribution in [0, 0.1) is 0 Å². The van der Waals surface area contributed by atoms with Crippen molar-refractivity contribution in [1.29, 1.82) is 0 Å². The fourth-order valence-corrected chi connectivity index (χ4v) is 5.09. The van der Waals surface area contributed by atoms with E-state index in [0.29, 0.717) is 54.5 Å². The minimum Gasteiger partial charge on any atom is -0.507 e. The molecule has 0 radical (unpaired) electrons. The van der Waals surface area contributed by atoms with Crippen molar-refractivity contribution in [3.05, 3.63) is 35.4 Å². The van der Waals surface area contributed by atoms with Crippen molar-refractivity contribution in [2.75, 3.05) is 20.8 Å². The van der Waals surface area contributed by atoms with Gasteiger partial charge in [0.15, 0.2) is 17.8 Å². The highest BCUT2D eigenvalue weighted by molar-refractivity contribution is 5.81. The summed E-state index contributed by atoms with van der Waals surface area (Å²) in [6, 6.07) is 7.09. The van der Waals surface area contributed by atoms with Crippen LogP contribution in [0.5, 0.6) is 23.0 Å². The number of phenols is 2. The Bertz CT molecular complexity index is 1070. The molecule has 1 saturated heterocycles. The van der Waals surface area contributed by atoms with Gasteiger partial charge in [-0.3, -0.25) is 0 Å². The molecule has 1 fully saturated rings. The Balaban J connectivity index is 1.64. The molecular formula is C27H36O10. The zero-order valence-corrected chi connectivity index (χ0v) is 21.0. The van der Waals surface area contributed by atoms with E-state index in [9.17, 15) is 30.6 Å². The molecule has 2 aromatic rings. The third-order valence-corrected chi connectivity index (χ3v) is 7.20. The van der Waals surface area contributed by atoms with Crippen molar-refractivity contribution in [3.8, 4) is 34.1 Å². The van der Waals surface area contributed by atoms with E-state index < -0.39 is 37.3 Å². The smallest absolute Gasteiger partial charge is 0.203 e. The number of fused-ring (bicyclic) bond motifs is 5. The first kappa shape index (κ1) is 27.4. The molecule has 0 unspecified atom stereocenters. The predicted molar refractivity (Wildman–Crippen MR) is 133 cm³/mol. The normalized spacial score (nSPS) is 28.5. The molecule has 1 aliphatic carbocycles. The second-order valence-corrected chi connectivity index (χ2v) is 9.59. The van der Waals surface area contributed by atoms with Gasteiger partial charge in [0.05, 0.1) is 26.9 Å². The second-order valence-electron chi connectivity index (χ2n) is 9.59. The van der Waals surface area contributed by atoms with Crippen LogP contribution in [-0.2, 0) is 22.3 Å². The molecule has 0 aromatic heterocycles. The first-order valence-corrected chi connectivity index (χ1v) is 12.5. The van der Waals surface area contributed by atoms with Crippen LogP contribution in [0.3, 0.4) is 0 Å². The summed E-state index contributed by atoms with van der Waals surface area (Å²) < 4.78 is 22.7. The molecule has 2 aromatic carbocycles. The van der Waals surface area contributed by atoms with E-state index >= 15 is 0 Å². The van der Waals surface area contributed by atoms with Gasteiger partial charge in [-0.25, -0.2) is 0 Å². The average molecular weight is 521 g/mol. The summed E-state index contributed by atoms with van der Waals surface area (Å²) in [6.45, 7) is -0.527. The van der Waals surface area contributed by atoms with Crippen LogP contribution in [0.2, 0.25) is 0 Å². The summed E-state index contributed by atoms with van der Waals surface area (Å²) in [7, 11) is 2.94. The van der Waals surface area contributed by atoms with Gasteiger partial charge in [0, 0.05) is 11.1 Å². The van der Waals surface area contributed by atoms with Crippen molar-refractivity contribution in [3.63, 3.8) is 0 Å². The van der Waals surface area contributed by atoms with Crippen molar-refractivity contribution in [2.45, 2.75) is 75.3 Å². The fraction of sp³-hybridized carbons (Fsp3) is 0.556. The lowest BCUT2D eigenvalue weighted by Crippen LogP contribution is -2.59. The lowest BCUT2D eigenvalue weighted by molar-refractivity contribution is -0.312. The van der Waals surface area contributed by atoms with E-state index in [1.54, 1.807) is 6.07 Å². The highest BCUT2D eigenvalue weighted by Gasteiger charge is 2.44. The van der Waals surface area contributed by atoms with Crippen LogP contribution in [0.4, 0.5) is 0 Å². The van der Waals surface area contributed by atoms with Crippen LogP contribution < -0.4 is 9.47 Å². The molecular weight excluding hydrogens is 484 g/mol. The maximum atomic E-state index is 10.9. The van der Waals surface area contributed by atoms with Gasteiger partial charge in [-0.2, -0.15) is 0 Å². The maximum absolute atomic E-state index is 10.9. The quantitative estimate of drug-likeness (QED) is 0.342.